The number of hydrogen-bond donors (Lipinski definition) is 1. The molecule has 1 rings (SSSR count). The zero-order valence-electron chi connectivity index (χ0n) is 9.92. The van der Waals surface area contributed by atoms with Crippen LogP contribution in [0.5, 0.6) is 0 Å². The molecule has 0 radical (unpaired) electrons. The molecule has 1 N–H and O–H groups in total. The molecule has 0 spiro atoms. The molecule has 0 aliphatic carbocycles. The third kappa shape index (κ3) is 2.96. The van der Waals surface area contributed by atoms with Crippen molar-refractivity contribution in [3.8, 4) is 0 Å². The zero-order chi connectivity index (χ0) is 10.6. The second-order valence-electron chi connectivity index (χ2n) is 4.91. The van der Waals surface area contributed by atoms with Crippen molar-refractivity contribution in [1.82, 2.24) is 4.90 Å². The number of likely N-dealkylation sites (tertiary alicyclic amines) is 1. The third-order valence-corrected chi connectivity index (χ3v) is 3.71. The van der Waals surface area contributed by atoms with Crippen LogP contribution in [0.1, 0.15) is 46.5 Å². The van der Waals surface area contributed by atoms with Gasteiger partial charge in [0.15, 0.2) is 0 Å². The van der Waals surface area contributed by atoms with Crippen LogP contribution in [-0.2, 0) is 0 Å². The van der Waals surface area contributed by atoms with Gasteiger partial charge in [-0.2, -0.15) is 0 Å². The van der Waals surface area contributed by atoms with Crippen molar-refractivity contribution in [2.24, 2.45) is 5.41 Å². The van der Waals surface area contributed by atoms with Crippen LogP contribution in [0.4, 0.5) is 0 Å². The number of nitrogens with zero attached hydrogens (tertiary/aromatic N) is 1. The second-order valence-corrected chi connectivity index (χ2v) is 4.91. The molecule has 0 saturated carbocycles. The molecule has 1 unspecified atom stereocenters. The molecule has 2 heteroatoms. The topological polar surface area (TPSA) is 23.5 Å². The summed E-state index contributed by atoms with van der Waals surface area (Å²) in [5, 5.41) is 9.13. The lowest BCUT2D eigenvalue weighted by atomic mass is 9.75. The van der Waals surface area contributed by atoms with E-state index in [4.69, 9.17) is 5.11 Å². The highest BCUT2D eigenvalue weighted by Gasteiger charge is 2.38. The van der Waals surface area contributed by atoms with Crippen LogP contribution < -0.4 is 0 Å². The normalized spacial score (nSPS) is 23.1. The Labute approximate surface area is 88.3 Å². The molecule has 1 aliphatic rings. The van der Waals surface area contributed by atoms with Gasteiger partial charge < -0.3 is 10.0 Å². The molecular formula is C12H25NO. The van der Waals surface area contributed by atoms with Gasteiger partial charge in [0.2, 0.25) is 0 Å². The molecule has 0 aromatic carbocycles. The van der Waals surface area contributed by atoms with Crippen LogP contribution in [0, 0.1) is 5.41 Å². The van der Waals surface area contributed by atoms with Crippen LogP contribution in [0.15, 0.2) is 0 Å². The highest BCUT2D eigenvalue weighted by molar-refractivity contribution is 4.92. The van der Waals surface area contributed by atoms with Crippen molar-refractivity contribution < 1.29 is 5.11 Å². The summed E-state index contributed by atoms with van der Waals surface area (Å²) in [6, 6.07) is 0. The van der Waals surface area contributed by atoms with Gasteiger partial charge >= 0.3 is 0 Å². The lowest BCUT2D eigenvalue weighted by molar-refractivity contribution is -0.00833. The Morgan fingerprint density at radius 2 is 1.86 bits per heavy atom. The molecule has 1 atom stereocenters. The first-order chi connectivity index (χ1) is 6.62. The van der Waals surface area contributed by atoms with Crippen molar-refractivity contribution in [1.29, 1.82) is 0 Å². The number of aliphatic hydroxyl groups is 1. The molecule has 1 heterocycles. The van der Waals surface area contributed by atoms with Gasteiger partial charge in [-0.25, -0.2) is 0 Å². The molecule has 0 aromatic heterocycles. The summed E-state index contributed by atoms with van der Waals surface area (Å²) in [6.45, 7) is 10.2. The van der Waals surface area contributed by atoms with E-state index in [9.17, 15) is 0 Å². The highest BCUT2D eigenvalue weighted by atomic mass is 16.3. The van der Waals surface area contributed by atoms with E-state index in [-0.39, 0.29) is 6.10 Å². The molecule has 1 aliphatic heterocycles. The highest BCUT2D eigenvalue weighted by Crippen LogP contribution is 2.36. The van der Waals surface area contributed by atoms with Gasteiger partial charge in [0.1, 0.15) is 0 Å². The minimum atomic E-state index is -0.126. The summed E-state index contributed by atoms with van der Waals surface area (Å²) in [4.78, 5) is 2.52. The molecule has 1 fully saturated rings. The fraction of sp³-hybridized carbons (Fsp3) is 1.00. The average Bonchev–Trinajstić information content (AvgIpc) is 2.09. The maximum Gasteiger partial charge on any atom is 0.0512 e. The maximum atomic E-state index is 9.13. The smallest absolute Gasteiger partial charge is 0.0512 e. The molecule has 0 bridgehead atoms. The molecule has 0 amide bonds. The van der Waals surface area contributed by atoms with E-state index in [0.717, 1.165) is 12.8 Å². The Morgan fingerprint density at radius 1 is 1.29 bits per heavy atom. The summed E-state index contributed by atoms with van der Waals surface area (Å²) in [6.07, 6.45) is 4.59. The Kier molecular flexibility index (Phi) is 4.39. The van der Waals surface area contributed by atoms with Crippen molar-refractivity contribution in [2.45, 2.75) is 52.6 Å². The number of aliphatic hydroxyl groups excluding tert-OH is 1. The molecule has 0 aromatic rings. The Hall–Kier alpha value is -0.0800. The van der Waals surface area contributed by atoms with Crippen LogP contribution in [0.25, 0.3) is 0 Å². The van der Waals surface area contributed by atoms with E-state index in [1.165, 1.54) is 32.5 Å². The van der Waals surface area contributed by atoms with E-state index in [2.05, 4.69) is 18.7 Å². The van der Waals surface area contributed by atoms with Gasteiger partial charge in [-0.15, -0.1) is 0 Å². The number of hydrogen-bond acceptors (Lipinski definition) is 2. The maximum absolute atomic E-state index is 9.13. The number of rotatable bonds is 6. The quantitative estimate of drug-likeness (QED) is 0.709. The Bertz CT molecular complexity index is 156. The largest absolute Gasteiger partial charge is 0.393 e. The van der Waals surface area contributed by atoms with Crippen LogP contribution in [-0.4, -0.2) is 35.7 Å². The van der Waals surface area contributed by atoms with E-state index in [0.29, 0.717) is 5.41 Å². The molecule has 84 valence electrons. The monoisotopic (exact) mass is 199 g/mol. The summed E-state index contributed by atoms with van der Waals surface area (Å²) in [7, 11) is 0. The lowest BCUT2D eigenvalue weighted by Crippen LogP contribution is -2.55. The van der Waals surface area contributed by atoms with E-state index in [1.54, 1.807) is 0 Å². The zero-order valence-corrected chi connectivity index (χ0v) is 9.92. The minimum Gasteiger partial charge on any atom is -0.393 e. The summed E-state index contributed by atoms with van der Waals surface area (Å²) in [5.74, 6) is 0. The second kappa shape index (κ2) is 5.13. The first-order valence-corrected chi connectivity index (χ1v) is 6.02. The van der Waals surface area contributed by atoms with Gasteiger partial charge in [-0.05, 0) is 44.6 Å². The van der Waals surface area contributed by atoms with E-state index in [1.807, 2.05) is 6.92 Å². The Balaban J connectivity index is 2.09. The average molecular weight is 199 g/mol. The molecular weight excluding hydrogens is 174 g/mol. The predicted octanol–water partition coefficient (Wildman–Crippen LogP) is 2.27. The summed E-state index contributed by atoms with van der Waals surface area (Å²) < 4.78 is 0. The standard InChI is InChI=1S/C12H25NO/c1-4-12(5-2)9-13(10-12)8-6-7-11(3)14/h11,14H,4-10H2,1-3H3. The van der Waals surface area contributed by atoms with E-state index >= 15 is 0 Å². The Morgan fingerprint density at radius 3 is 2.29 bits per heavy atom. The predicted molar refractivity (Wildman–Crippen MR) is 60.4 cm³/mol. The van der Waals surface area contributed by atoms with Gasteiger partial charge in [0.25, 0.3) is 0 Å². The van der Waals surface area contributed by atoms with Crippen molar-refractivity contribution in [3.63, 3.8) is 0 Å². The fourth-order valence-electron chi connectivity index (χ4n) is 2.37. The van der Waals surface area contributed by atoms with Crippen molar-refractivity contribution >= 4 is 0 Å². The van der Waals surface area contributed by atoms with Crippen LogP contribution >= 0.6 is 0 Å². The fourth-order valence-corrected chi connectivity index (χ4v) is 2.37. The summed E-state index contributed by atoms with van der Waals surface area (Å²) >= 11 is 0. The third-order valence-electron chi connectivity index (χ3n) is 3.71. The van der Waals surface area contributed by atoms with Gasteiger partial charge in [-0.3, -0.25) is 0 Å². The van der Waals surface area contributed by atoms with Crippen LogP contribution in [0.2, 0.25) is 0 Å². The van der Waals surface area contributed by atoms with Gasteiger partial charge in [0, 0.05) is 13.1 Å². The van der Waals surface area contributed by atoms with E-state index < -0.39 is 0 Å². The van der Waals surface area contributed by atoms with Crippen LogP contribution in [0.3, 0.4) is 0 Å². The van der Waals surface area contributed by atoms with Gasteiger partial charge in [-0.1, -0.05) is 13.8 Å². The molecule has 14 heavy (non-hydrogen) atoms. The molecule has 1 saturated heterocycles. The SMILES string of the molecule is CCC1(CC)CN(CCCC(C)O)C1. The van der Waals surface area contributed by atoms with Gasteiger partial charge in [0.05, 0.1) is 6.10 Å². The minimum absolute atomic E-state index is 0.126. The molecule has 2 nitrogen and oxygen atoms in total. The van der Waals surface area contributed by atoms with Crippen molar-refractivity contribution in [2.75, 3.05) is 19.6 Å². The lowest BCUT2D eigenvalue weighted by Gasteiger charge is -2.50. The summed E-state index contributed by atoms with van der Waals surface area (Å²) in [5.41, 5.74) is 0.630. The van der Waals surface area contributed by atoms with Crippen molar-refractivity contribution in [3.05, 3.63) is 0 Å². The first-order valence-electron chi connectivity index (χ1n) is 6.02. The first kappa shape index (κ1) is 12.0.